The Hall–Kier alpha value is -2.13. The summed E-state index contributed by atoms with van der Waals surface area (Å²) in [5.74, 6) is -0.125. The third-order valence-corrected chi connectivity index (χ3v) is 5.11. The normalized spacial score (nSPS) is 21.4. The number of nitrogens with one attached hydrogen (secondary N) is 1. The van der Waals surface area contributed by atoms with Gasteiger partial charge in [-0.15, -0.1) is 24.8 Å². The topological polar surface area (TPSA) is 96.5 Å². The van der Waals surface area contributed by atoms with Crippen molar-refractivity contribution in [2.45, 2.75) is 12.0 Å². The second kappa shape index (κ2) is 8.91. The van der Waals surface area contributed by atoms with Crippen LogP contribution in [-0.2, 0) is 16.6 Å². The lowest BCUT2D eigenvalue weighted by molar-refractivity contribution is -0.122. The lowest BCUT2D eigenvalue weighted by Gasteiger charge is -2.30. The maximum atomic E-state index is 12.9. The molecule has 1 aromatic carbocycles. The molecule has 1 fully saturated rings. The molecule has 1 saturated heterocycles. The molecular formula is C18H24Cl2N6O2. The number of nitrogens with two attached hydrogens (primary N) is 1. The monoisotopic (exact) mass is 426 g/mol. The Balaban J connectivity index is 0.00000140. The number of hydrogen-bond acceptors (Lipinski definition) is 5. The van der Waals surface area contributed by atoms with E-state index in [2.05, 4.69) is 15.2 Å². The number of aryl methyl sites for hydroxylation is 1. The molecule has 2 aliphatic rings. The molecule has 0 spiro atoms. The molecule has 0 radical (unpaired) electrons. The van der Waals surface area contributed by atoms with Gasteiger partial charge in [0, 0.05) is 44.0 Å². The minimum Gasteiger partial charge on any atom is -0.337 e. The van der Waals surface area contributed by atoms with Crippen LogP contribution >= 0.6 is 24.8 Å². The molecule has 152 valence electrons. The highest BCUT2D eigenvalue weighted by Crippen LogP contribution is 2.30. The second-order valence-corrected chi connectivity index (χ2v) is 6.94. The van der Waals surface area contributed by atoms with Crippen LogP contribution in [0, 0.1) is 0 Å². The third-order valence-electron chi connectivity index (χ3n) is 5.11. The number of carbonyl (C=O) groups is 2. The van der Waals surface area contributed by atoms with Crippen LogP contribution in [0.25, 0.3) is 0 Å². The molecule has 8 nitrogen and oxygen atoms in total. The number of anilines is 2. The van der Waals surface area contributed by atoms with E-state index in [1.165, 1.54) is 0 Å². The number of nitrogens with zero attached hydrogens (tertiary/aromatic N) is 4. The first-order valence-corrected chi connectivity index (χ1v) is 8.66. The smallest absolute Gasteiger partial charge is 0.244 e. The van der Waals surface area contributed by atoms with E-state index in [4.69, 9.17) is 5.73 Å². The average molecular weight is 427 g/mol. The molecular weight excluding hydrogens is 403 g/mol. The summed E-state index contributed by atoms with van der Waals surface area (Å²) in [6, 6.07) is 7.30. The van der Waals surface area contributed by atoms with E-state index in [0.717, 1.165) is 11.4 Å². The van der Waals surface area contributed by atoms with Gasteiger partial charge in [-0.05, 0) is 12.1 Å². The van der Waals surface area contributed by atoms with Gasteiger partial charge in [0.1, 0.15) is 6.54 Å². The molecule has 3 heterocycles. The molecule has 2 atom stereocenters. The molecule has 1 aromatic heterocycles. The van der Waals surface area contributed by atoms with Gasteiger partial charge in [-0.3, -0.25) is 19.4 Å². The van der Waals surface area contributed by atoms with Crippen molar-refractivity contribution >= 4 is 48.0 Å². The zero-order valence-electron chi connectivity index (χ0n) is 15.4. The van der Waals surface area contributed by atoms with Gasteiger partial charge in [-0.1, -0.05) is 12.1 Å². The second-order valence-electron chi connectivity index (χ2n) is 6.94. The zero-order chi connectivity index (χ0) is 18.3. The molecule has 10 heteroatoms. The van der Waals surface area contributed by atoms with Crippen LogP contribution in [0.4, 0.5) is 11.4 Å². The van der Waals surface area contributed by atoms with E-state index in [-0.39, 0.29) is 61.7 Å². The van der Waals surface area contributed by atoms with E-state index in [1.807, 2.05) is 36.0 Å². The first-order chi connectivity index (χ1) is 12.5. The fraction of sp³-hybridized carbons (Fsp3) is 0.389. The number of benzene rings is 1. The van der Waals surface area contributed by atoms with Gasteiger partial charge < -0.3 is 15.6 Å². The number of imidazole rings is 1. The van der Waals surface area contributed by atoms with Crippen LogP contribution < -0.4 is 16.0 Å². The van der Waals surface area contributed by atoms with Crippen LogP contribution in [0.15, 0.2) is 36.8 Å². The fourth-order valence-electron chi connectivity index (χ4n) is 3.81. The predicted molar refractivity (Wildman–Crippen MR) is 112 cm³/mol. The van der Waals surface area contributed by atoms with Crippen molar-refractivity contribution in [2.75, 3.05) is 36.4 Å². The maximum Gasteiger partial charge on any atom is 0.244 e. The number of halogens is 2. The van der Waals surface area contributed by atoms with Crippen molar-refractivity contribution in [1.29, 1.82) is 0 Å². The van der Waals surface area contributed by atoms with Crippen molar-refractivity contribution < 1.29 is 9.59 Å². The standard InChI is InChI=1S/C18H22N6O2.2ClH/c1-22-11-20-6-16(22)12-7-23(8-13(12)19)10-18(26)24-9-17(25)21-14-4-2-3-5-15(14)24;;/h2-6,11-13H,7-10,19H2,1H3,(H,21,25);2*1H/t12-,13-;;/m1../s1. The van der Waals surface area contributed by atoms with E-state index < -0.39 is 0 Å². The predicted octanol–water partition coefficient (Wildman–Crippen LogP) is 0.975. The molecule has 2 aromatic rings. The maximum absolute atomic E-state index is 12.9. The van der Waals surface area contributed by atoms with Gasteiger partial charge in [0.15, 0.2) is 0 Å². The molecule has 0 bridgehead atoms. The van der Waals surface area contributed by atoms with Gasteiger partial charge in [-0.25, -0.2) is 4.98 Å². The summed E-state index contributed by atoms with van der Waals surface area (Å²) in [6.07, 6.45) is 3.60. The minimum absolute atomic E-state index is 0. The number of aromatic nitrogens is 2. The van der Waals surface area contributed by atoms with E-state index >= 15 is 0 Å². The number of rotatable bonds is 3. The molecule has 4 rings (SSSR count). The van der Waals surface area contributed by atoms with E-state index in [0.29, 0.717) is 18.8 Å². The Kier molecular flexibility index (Phi) is 7.06. The summed E-state index contributed by atoms with van der Waals surface area (Å²) >= 11 is 0. The summed E-state index contributed by atoms with van der Waals surface area (Å²) in [5.41, 5.74) is 8.80. The van der Waals surface area contributed by atoms with Gasteiger partial charge >= 0.3 is 0 Å². The highest BCUT2D eigenvalue weighted by molar-refractivity contribution is 6.10. The average Bonchev–Trinajstić information content (AvgIpc) is 3.19. The Morgan fingerprint density at radius 2 is 2.04 bits per heavy atom. The molecule has 2 amide bonds. The van der Waals surface area contributed by atoms with Crippen molar-refractivity contribution in [3.63, 3.8) is 0 Å². The highest BCUT2D eigenvalue weighted by Gasteiger charge is 2.35. The summed E-state index contributed by atoms with van der Waals surface area (Å²) in [4.78, 5) is 32.6. The molecule has 0 saturated carbocycles. The lowest BCUT2D eigenvalue weighted by atomic mass is 10.0. The first-order valence-electron chi connectivity index (χ1n) is 8.66. The third kappa shape index (κ3) is 4.15. The Morgan fingerprint density at radius 1 is 1.29 bits per heavy atom. The number of para-hydroxylation sites is 2. The van der Waals surface area contributed by atoms with Gasteiger partial charge in [0.05, 0.1) is 24.2 Å². The number of fused-ring (bicyclic) bond motifs is 1. The van der Waals surface area contributed by atoms with Crippen LogP contribution in [0.5, 0.6) is 0 Å². The van der Waals surface area contributed by atoms with Gasteiger partial charge in [0.25, 0.3) is 0 Å². The van der Waals surface area contributed by atoms with Gasteiger partial charge in [-0.2, -0.15) is 0 Å². The summed E-state index contributed by atoms with van der Waals surface area (Å²) in [5, 5.41) is 2.80. The summed E-state index contributed by atoms with van der Waals surface area (Å²) in [7, 11) is 1.95. The lowest BCUT2D eigenvalue weighted by Crippen LogP contribution is -2.46. The van der Waals surface area contributed by atoms with E-state index in [1.54, 1.807) is 17.3 Å². The Morgan fingerprint density at radius 3 is 2.75 bits per heavy atom. The Bertz CT molecular complexity index is 858. The molecule has 0 aliphatic carbocycles. The zero-order valence-corrected chi connectivity index (χ0v) is 17.1. The molecule has 3 N–H and O–H groups in total. The largest absolute Gasteiger partial charge is 0.337 e. The molecule has 0 unspecified atom stereocenters. The number of carbonyl (C=O) groups excluding carboxylic acids is 2. The van der Waals surface area contributed by atoms with Crippen molar-refractivity contribution in [3.05, 3.63) is 42.5 Å². The number of likely N-dealkylation sites (tertiary alicyclic amines) is 1. The van der Waals surface area contributed by atoms with Crippen molar-refractivity contribution in [1.82, 2.24) is 14.5 Å². The molecule has 28 heavy (non-hydrogen) atoms. The highest BCUT2D eigenvalue weighted by atomic mass is 35.5. The van der Waals surface area contributed by atoms with Crippen LogP contribution in [0.3, 0.4) is 0 Å². The van der Waals surface area contributed by atoms with Gasteiger partial charge in [0.2, 0.25) is 11.8 Å². The quantitative estimate of drug-likeness (QED) is 0.761. The van der Waals surface area contributed by atoms with E-state index in [9.17, 15) is 9.59 Å². The van der Waals surface area contributed by atoms with Crippen LogP contribution in [0.1, 0.15) is 11.6 Å². The number of hydrogen-bond donors (Lipinski definition) is 2. The fourth-order valence-corrected chi connectivity index (χ4v) is 3.81. The number of amides is 2. The minimum atomic E-state index is -0.178. The van der Waals surface area contributed by atoms with Crippen molar-refractivity contribution in [3.8, 4) is 0 Å². The van der Waals surface area contributed by atoms with Crippen LogP contribution in [0.2, 0.25) is 0 Å². The first kappa shape index (κ1) is 22.2. The SMILES string of the molecule is Cl.Cl.Cn1cncc1[C@@H]1CN(CC(=O)N2CC(=O)Nc3ccccc32)C[C@H]1N. The van der Waals surface area contributed by atoms with Crippen LogP contribution in [-0.4, -0.2) is 58.5 Å². The van der Waals surface area contributed by atoms with Crippen molar-refractivity contribution in [2.24, 2.45) is 12.8 Å². The summed E-state index contributed by atoms with van der Waals surface area (Å²) in [6.45, 7) is 1.63. The molecule has 2 aliphatic heterocycles. The Labute approximate surface area is 175 Å². The summed E-state index contributed by atoms with van der Waals surface area (Å²) < 4.78 is 1.97.